The molecule has 1 saturated heterocycles. The van der Waals surface area contributed by atoms with Gasteiger partial charge in [0.05, 0.1) is 10.8 Å². The first-order valence-electron chi connectivity index (χ1n) is 7.10. The van der Waals surface area contributed by atoms with Crippen LogP contribution < -0.4 is 10.2 Å². The Labute approximate surface area is 121 Å². The van der Waals surface area contributed by atoms with Crippen molar-refractivity contribution in [2.75, 3.05) is 29.9 Å². The predicted molar refractivity (Wildman–Crippen MR) is 77.9 cm³/mol. The van der Waals surface area contributed by atoms with E-state index in [2.05, 4.69) is 5.32 Å². The van der Waals surface area contributed by atoms with Gasteiger partial charge in [-0.2, -0.15) is 0 Å². The molecule has 1 aromatic carbocycles. The van der Waals surface area contributed by atoms with Crippen molar-refractivity contribution in [1.29, 1.82) is 0 Å². The van der Waals surface area contributed by atoms with E-state index in [4.69, 9.17) is 5.11 Å². The summed E-state index contributed by atoms with van der Waals surface area (Å²) in [5.74, 6) is -1.11. The van der Waals surface area contributed by atoms with Crippen molar-refractivity contribution in [3.8, 4) is 0 Å². The van der Waals surface area contributed by atoms with E-state index < -0.39 is 5.97 Å². The monoisotopic (exact) mass is 291 g/mol. The number of nitro groups is 1. The molecule has 2 aliphatic rings. The maximum Gasteiger partial charge on any atom is 0.306 e. The van der Waals surface area contributed by atoms with Crippen molar-refractivity contribution in [3.63, 3.8) is 0 Å². The maximum atomic E-state index is 11.3. The van der Waals surface area contributed by atoms with Gasteiger partial charge >= 0.3 is 5.97 Å². The zero-order chi connectivity index (χ0) is 15.0. The molecule has 0 aliphatic carbocycles. The van der Waals surface area contributed by atoms with Gasteiger partial charge in [0.1, 0.15) is 5.69 Å². The van der Waals surface area contributed by atoms with Crippen LogP contribution in [0.1, 0.15) is 18.4 Å². The molecule has 2 N–H and O–H groups in total. The van der Waals surface area contributed by atoms with Crippen LogP contribution in [-0.4, -0.2) is 35.6 Å². The molecular weight excluding hydrogens is 274 g/mol. The fourth-order valence-electron chi connectivity index (χ4n) is 3.22. The number of nitrogens with zero attached hydrogens (tertiary/aromatic N) is 2. The molecular formula is C14H17N3O4. The summed E-state index contributed by atoms with van der Waals surface area (Å²) in [5, 5.41) is 23.6. The Morgan fingerprint density at radius 1 is 1.38 bits per heavy atom. The van der Waals surface area contributed by atoms with Gasteiger partial charge in [-0.25, -0.2) is 0 Å². The lowest BCUT2D eigenvalue weighted by Crippen LogP contribution is -2.37. The van der Waals surface area contributed by atoms with Crippen LogP contribution >= 0.6 is 0 Å². The number of benzene rings is 1. The van der Waals surface area contributed by atoms with Crippen LogP contribution in [0.15, 0.2) is 12.1 Å². The van der Waals surface area contributed by atoms with E-state index in [9.17, 15) is 14.9 Å². The van der Waals surface area contributed by atoms with E-state index in [1.165, 1.54) is 6.07 Å². The molecule has 0 unspecified atom stereocenters. The number of nitrogens with one attached hydrogen (secondary N) is 1. The van der Waals surface area contributed by atoms with Gasteiger partial charge in [0.2, 0.25) is 0 Å². The van der Waals surface area contributed by atoms with E-state index >= 15 is 0 Å². The summed E-state index contributed by atoms with van der Waals surface area (Å²) >= 11 is 0. The van der Waals surface area contributed by atoms with Crippen LogP contribution in [0.4, 0.5) is 17.1 Å². The van der Waals surface area contributed by atoms with Crippen molar-refractivity contribution in [3.05, 3.63) is 27.8 Å². The molecule has 0 bridgehead atoms. The van der Waals surface area contributed by atoms with Gasteiger partial charge in [-0.3, -0.25) is 14.9 Å². The molecule has 1 fully saturated rings. The number of carbonyl (C=O) groups is 1. The number of rotatable bonds is 3. The highest BCUT2D eigenvalue weighted by Gasteiger charge is 2.31. The number of hydrogen-bond donors (Lipinski definition) is 2. The topological polar surface area (TPSA) is 95.7 Å². The molecule has 21 heavy (non-hydrogen) atoms. The minimum Gasteiger partial charge on any atom is -0.481 e. The van der Waals surface area contributed by atoms with Crippen LogP contribution in [0, 0.1) is 16.0 Å². The summed E-state index contributed by atoms with van der Waals surface area (Å²) in [7, 11) is 0. The molecule has 7 heteroatoms. The van der Waals surface area contributed by atoms with E-state index in [-0.39, 0.29) is 16.5 Å². The summed E-state index contributed by atoms with van der Waals surface area (Å²) in [6, 6.07) is 3.30. The SMILES string of the molecule is O=C(O)C1CCN(c2c([N+](=O)[O-])ccc3c2CCN3)CC1. The first-order valence-corrected chi connectivity index (χ1v) is 7.10. The zero-order valence-electron chi connectivity index (χ0n) is 11.5. The number of piperidine rings is 1. The second-order valence-corrected chi connectivity index (χ2v) is 5.49. The number of anilines is 2. The summed E-state index contributed by atoms with van der Waals surface area (Å²) < 4.78 is 0. The van der Waals surface area contributed by atoms with E-state index in [1.54, 1.807) is 6.07 Å². The van der Waals surface area contributed by atoms with Gasteiger partial charge in [0, 0.05) is 37.0 Å². The summed E-state index contributed by atoms with van der Waals surface area (Å²) in [6.07, 6.45) is 1.83. The smallest absolute Gasteiger partial charge is 0.306 e. The van der Waals surface area contributed by atoms with Gasteiger partial charge in [-0.1, -0.05) is 0 Å². The largest absolute Gasteiger partial charge is 0.481 e. The number of aliphatic carboxylic acids is 1. The Balaban J connectivity index is 1.93. The molecule has 2 heterocycles. The van der Waals surface area contributed by atoms with E-state index in [0.717, 1.165) is 24.2 Å². The molecule has 0 radical (unpaired) electrons. The zero-order valence-corrected chi connectivity index (χ0v) is 11.5. The lowest BCUT2D eigenvalue weighted by atomic mass is 9.95. The second kappa shape index (κ2) is 5.23. The lowest BCUT2D eigenvalue weighted by molar-refractivity contribution is -0.384. The standard InChI is InChI=1S/C14H17N3O4/c18-14(19)9-4-7-16(8-5-9)13-10-3-6-15-11(10)1-2-12(13)17(20)21/h1-2,9,15H,3-8H2,(H,18,19). The summed E-state index contributed by atoms with van der Waals surface area (Å²) in [4.78, 5) is 23.9. The van der Waals surface area contributed by atoms with Crippen LogP contribution in [0.25, 0.3) is 0 Å². The molecule has 7 nitrogen and oxygen atoms in total. The van der Waals surface area contributed by atoms with E-state index in [1.807, 2.05) is 4.90 Å². The fraction of sp³-hybridized carbons (Fsp3) is 0.500. The van der Waals surface area contributed by atoms with Gasteiger partial charge in [-0.05, 0) is 25.3 Å². The van der Waals surface area contributed by atoms with Crippen LogP contribution in [0.5, 0.6) is 0 Å². The Hall–Kier alpha value is -2.31. The molecule has 1 aromatic rings. The van der Waals surface area contributed by atoms with Crippen LogP contribution in [0.3, 0.4) is 0 Å². The minimum absolute atomic E-state index is 0.117. The Kier molecular flexibility index (Phi) is 3.40. The minimum atomic E-state index is -0.774. The summed E-state index contributed by atoms with van der Waals surface area (Å²) in [6.45, 7) is 1.89. The third-order valence-electron chi connectivity index (χ3n) is 4.31. The maximum absolute atomic E-state index is 11.3. The number of carboxylic acid groups (broad SMARTS) is 1. The molecule has 0 aromatic heterocycles. The fourth-order valence-corrected chi connectivity index (χ4v) is 3.22. The lowest BCUT2D eigenvalue weighted by Gasteiger charge is -2.32. The van der Waals surface area contributed by atoms with Gasteiger partial charge in [-0.15, -0.1) is 0 Å². The molecule has 0 saturated carbocycles. The average Bonchev–Trinajstić information content (AvgIpc) is 2.94. The highest BCUT2D eigenvalue weighted by Crippen LogP contribution is 2.40. The number of fused-ring (bicyclic) bond motifs is 1. The molecule has 3 rings (SSSR count). The number of hydrogen-bond acceptors (Lipinski definition) is 5. The van der Waals surface area contributed by atoms with E-state index in [0.29, 0.717) is 31.6 Å². The molecule has 2 aliphatic heterocycles. The molecule has 0 amide bonds. The second-order valence-electron chi connectivity index (χ2n) is 5.49. The van der Waals surface area contributed by atoms with Gasteiger partial charge in [0.25, 0.3) is 5.69 Å². The van der Waals surface area contributed by atoms with Gasteiger partial charge < -0.3 is 15.3 Å². The average molecular weight is 291 g/mol. The van der Waals surface area contributed by atoms with Crippen molar-refractivity contribution in [1.82, 2.24) is 0 Å². The Morgan fingerprint density at radius 3 is 2.71 bits per heavy atom. The number of nitro benzene ring substituents is 1. The third-order valence-corrected chi connectivity index (χ3v) is 4.31. The third kappa shape index (κ3) is 2.39. The predicted octanol–water partition coefficient (Wildman–Crippen LogP) is 1.86. The van der Waals surface area contributed by atoms with Crippen molar-refractivity contribution >= 4 is 23.0 Å². The molecule has 0 atom stereocenters. The summed E-state index contributed by atoms with van der Waals surface area (Å²) in [5.41, 5.74) is 2.73. The van der Waals surface area contributed by atoms with Crippen LogP contribution in [-0.2, 0) is 11.2 Å². The highest BCUT2D eigenvalue weighted by molar-refractivity contribution is 5.78. The number of carboxylic acids is 1. The first-order chi connectivity index (χ1) is 10.1. The molecule has 0 spiro atoms. The van der Waals surface area contributed by atoms with Crippen molar-refractivity contribution < 1.29 is 14.8 Å². The Bertz CT molecular complexity index is 594. The first kappa shape index (κ1) is 13.7. The van der Waals surface area contributed by atoms with Gasteiger partial charge in [0.15, 0.2) is 0 Å². The normalized spacial score (nSPS) is 18.2. The van der Waals surface area contributed by atoms with Crippen molar-refractivity contribution in [2.45, 2.75) is 19.3 Å². The molecule has 112 valence electrons. The highest BCUT2D eigenvalue weighted by atomic mass is 16.6. The van der Waals surface area contributed by atoms with Crippen LogP contribution in [0.2, 0.25) is 0 Å². The Morgan fingerprint density at radius 2 is 2.10 bits per heavy atom. The van der Waals surface area contributed by atoms with Crippen molar-refractivity contribution in [2.24, 2.45) is 5.92 Å². The quantitative estimate of drug-likeness (QED) is 0.652.